The van der Waals surface area contributed by atoms with E-state index < -0.39 is 9.05 Å². The monoisotopic (exact) mass is 249 g/mol. The first kappa shape index (κ1) is 15.6. The number of nitrogens with zero attached hydrogens (tertiary/aromatic N) is 1. The Labute approximate surface area is 99.2 Å². The van der Waals surface area contributed by atoms with Crippen LogP contribution in [0, 0.1) is 0 Å². The molecule has 6 heteroatoms. The zero-order valence-electron chi connectivity index (χ0n) is 10.9. The Morgan fingerprint density at radius 2 is 1.38 bits per heavy atom. The molecule has 0 aromatic rings. The van der Waals surface area contributed by atoms with Crippen LogP contribution in [0.3, 0.4) is 0 Å². The third-order valence-electron chi connectivity index (χ3n) is 1.79. The minimum atomic E-state index is -3.06. The lowest BCUT2D eigenvalue weighted by molar-refractivity contribution is -0.0265. The molecule has 0 aliphatic rings. The van der Waals surface area contributed by atoms with Crippen LogP contribution in [0.5, 0.6) is 0 Å². The van der Waals surface area contributed by atoms with Crippen molar-refractivity contribution in [2.24, 2.45) is 5.16 Å². The highest BCUT2D eigenvalue weighted by atomic mass is 28.4. The van der Waals surface area contributed by atoms with Gasteiger partial charge in [0.05, 0.1) is 5.71 Å². The summed E-state index contributed by atoms with van der Waals surface area (Å²) in [6.07, 6.45) is 0.828. The van der Waals surface area contributed by atoms with Crippen molar-refractivity contribution in [3.8, 4) is 0 Å². The van der Waals surface area contributed by atoms with Crippen LogP contribution in [-0.4, -0.2) is 34.6 Å². The number of oxime groups is 1. The average Bonchev–Trinajstić information content (AvgIpc) is 2.27. The van der Waals surface area contributed by atoms with Crippen LogP contribution in [0.4, 0.5) is 0 Å². The van der Waals surface area contributed by atoms with E-state index in [1.807, 2.05) is 34.6 Å². The third kappa shape index (κ3) is 5.60. The maximum Gasteiger partial charge on any atom is 0.770 e. The molecule has 0 aromatic carbocycles. The molecule has 0 aromatic heterocycles. The largest absolute Gasteiger partial charge is 0.770 e. The van der Waals surface area contributed by atoms with E-state index in [2.05, 4.69) is 5.16 Å². The molecule has 0 aliphatic carbocycles. The molecule has 0 atom stereocenters. The molecule has 0 amide bonds. The lowest BCUT2D eigenvalue weighted by Crippen LogP contribution is -2.48. The molecule has 16 heavy (non-hydrogen) atoms. The van der Waals surface area contributed by atoms with E-state index in [0.29, 0.717) is 19.8 Å². The molecule has 0 bridgehead atoms. The Morgan fingerprint density at radius 1 is 0.938 bits per heavy atom. The van der Waals surface area contributed by atoms with Crippen LogP contribution >= 0.6 is 0 Å². The summed E-state index contributed by atoms with van der Waals surface area (Å²) in [6, 6.07) is 0. The standard InChI is InChI=1S/C10H23NO4Si/c1-6-10(5)11-15-16(12-7-2,13-8-3)14-9-4/h6-9H2,1-5H3. The molecular formula is C10H23NO4Si. The van der Waals surface area contributed by atoms with Crippen LogP contribution in [-0.2, 0) is 17.8 Å². The zero-order chi connectivity index (χ0) is 12.4. The average molecular weight is 249 g/mol. The first-order valence-corrected chi connectivity index (χ1v) is 7.40. The van der Waals surface area contributed by atoms with Crippen molar-refractivity contribution >= 4 is 14.8 Å². The van der Waals surface area contributed by atoms with Gasteiger partial charge < -0.3 is 17.8 Å². The Kier molecular flexibility index (Phi) is 8.45. The van der Waals surface area contributed by atoms with Crippen molar-refractivity contribution in [3.05, 3.63) is 0 Å². The zero-order valence-corrected chi connectivity index (χ0v) is 11.9. The first-order valence-electron chi connectivity index (χ1n) is 5.77. The maximum atomic E-state index is 5.47. The van der Waals surface area contributed by atoms with Crippen LogP contribution in [0.25, 0.3) is 0 Å². The predicted octanol–water partition coefficient (Wildman–Crippen LogP) is 2.33. The van der Waals surface area contributed by atoms with Gasteiger partial charge in [0, 0.05) is 19.8 Å². The van der Waals surface area contributed by atoms with Gasteiger partial charge in [0.1, 0.15) is 0 Å². The van der Waals surface area contributed by atoms with Gasteiger partial charge in [-0.15, -0.1) is 5.16 Å². The van der Waals surface area contributed by atoms with E-state index in [9.17, 15) is 0 Å². The highest BCUT2D eigenvalue weighted by Gasteiger charge is 2.48. The second-order valence-corrected chi connectivity index (χ2v) is 5.12. The summed E-state index contributed by atoms with van der Waals surface area (Å²) >= 11 is 0. The van der Waals surface area contributed by atoms with Gasteiger partial charge in [-0.2, -0.15) is 0 Å². The number of hydrogen-bond acceptors (Lipinski definition) is 5. The minimum absolute atomic E-state index is 0.479. The third-order valence-corrected chi connectivity index (χ3v) is 4.03. The van der Waals surface area contributed by atoms with Crippen molar-refractivity contribution in [3.63, 3.8) is 0 Å². The van der Waals surface area contributed by atoms with Crippen molar-refractivity contribution < 1.29 is 17.8 Å². The molecule has 0 saturated carbocycles. The van der Waals surface area contributed by atoms with E-state index in [0.717, 1.165) is 12.1 Å². The summed E-state index contributed by atoms with van der Waals surface area (Å²) in [5.41, 5.74) is 0.885. The predicted molar refractivity (Wildman–Crippen MR) is 65.1 cm³/mol. The second-order valence-electron chi connectivity index (χ2n) is 3.07. The van der Waals surface area contributed by atoms with E-state index in [4.69, 9.17) is 17.8 Å². The van der Waals surface area contributed by atoms with Crippen molar-refractivity contribution in [1.29, 1.82) is 0 Å². The summed E-state index contributed by atoms with van der Waals surface area (Å²) in [4.78, 5) is 0. The van der Waals surface area contributed by atoms with E-state index in [1.165, 1.54) is 0 Å². The Bertz CT molecular complexity index is 194. The quantitative estimate of drug-likeness (QED) is 0.357. The lowest BCUT2D eigenvalue weighted by Gasteiger charge is -2.23. The normalized spacial score (nSPS) is 12.9. The summed E-state index contributed by atoms with van der Waals surface area (Å²) in [5, 5.41) is 3.97. The molecule has 0 rings (SSSR count). The highest BCUT2D eigenvalue weighted by molar-refractivity contribution is 6.53. The molecule has 0 unspecified atom stereocenters. The van der Waals surface area contributed by atoms with Gasteiger partial charge >= 0.3 is 9.05 Å². The highest BCUT2D eigenvalue weighted by Crippen LogP contribution is 2.12. The molecule has 0 heterocycles. The fraction of sp³-hybridized carbons (Fsp3) is 0.900. The molecule has 96 valence electrons. The van der Waals surface area contributed by atoms with E-state index in [1.54, 1.807) is 0 Å². The van der Waals surface area contributed by atoms with Crippen molar-refractivity contribution in [1.82, 2.24) is 0 Å². The first-order chi connectivity index (χ1) is 7.64. The van der Waals surface area contributed by atoms with Crippen LogP contribution < -0.4 is 0 Å². The Morgan fingerprint density at radius 3 is 1.69 bits per heavy atom. The summed E-state index contributed by atoms with van der Waals surface area (Å²) in [5.74, 6) is 0. The van der Waals surface area contributed by atoms with Crippen LogP contribution in [0.1, 0.15) is 41.0 Å². The van der Waals surface area contributed by atoms with Crippen molar-refractivity contribution in [2.45, 2.75) is 41.0 Å². The van der Waals surface area contributed by atoms with E-state index >= 15 is 0 Å². The van der Waals surface area contributed by atoms with E-state index in [-0.39, 0.29) is 0 Å². The SMILES string of the molecule is CCO[Si](OCC)(OCC)ON=C(C)CC. The number of rotatable bonds is 9. The summed E-state index contributed by atoms with van der Waals surface area (Å²) < 4.78 is 21.8. The minimum Gasteiger partial charge on any atom is -0.372 e. The maximum absolute atomic E-state index is 5.47. The second kappa shape index (κ2) is 8.69. The van der Waals surface area contributed by atoms with Gasteiger partial charge in [-0.25, -0.2) is 0 Å². The Hall–Kier alpha value is -0.433. The summed E-state index contributed by atoms with van der Waals surface area (Å²) in [7, 11) is -3.06. The molecule has 0 fully saturated rings. The fourth-order valence-electron chi connectivity index (χ4n) is 0.933. The van der Waals surface area contributed by atoms with Crippen LogP contribution in [0.2, 0.25) is 0 Å². The fourth-order valence-corrected chi connectivity index (χ4v) is 2.67. The molecule has 0 radical (unpaired) electrons. The Balaban J connectivity index is 4.58. The van der Waals surface area contributed by atoms with Gasteiger partial charge in [0.25, 0.3) is 0 Å². The number of hydrogen-bond donors (Lipinski definition) is 0. The smallest absolute Gasteiger partial charge is 0.372 e. The summed E-state index contributed by atoms with van der Waals surface area (Å²) in [6.45, 7) is 11.0. The van der Waals surface area contributed by atoms with Gasteiger partial charge in [-0.05, 0) is 34.1 Å². The lowest BCUT2D eigenvalue weighted by atomic mass is 10.3. The molecule has 5 nitrogen and oxygen atoms in total. The van der Waals surface area contributed by atoms with Crippen molar-refractivity contribution in [2.75, 3.05) is 19.8 Å². The van der Waals surface area contributed by atoms with Crippen LogP contribution in [0.15, 0.2) is 5.16 Å². The van der Waals surface area contributed by atoms with Gasteiger partial charge in [-0.3, -0.25) is 0 Å². The molecule has 0 aliphatic heterocycles. The van der Waals surface area contributed by atoms with Gasteiger partial charge in [-0.1, -0.05) is 6.92 Å². The van der Waals surface area contributed by atoms with Gasteiger partial charge in [0.15, 0.2) is 0 Å². The molecule has 0 saturated heterocycles. The topological polar surface area (TPSA) is 49.3 Å². The van der Waals surface area contributed by atoms with Gasteiger partial charge in [0.2, 0.25) is 0 Å². The molecule has 0 N–H and O–H groups in total. The molecular weight excluding hydrogens is 226 g/mol. The molecule has 0 spiro atoms.